The third-order valence-electron chi connectivity index (χ3n) is 4.07. The lowest BCUT2D eigenvalue weighted by Gasteiger charge is -2.20. The molecule has 1 aromatic rings. The van der Waals surface area contributed by atoms with Crippen LogP contribution in [0.2, 0.25) is 0 Å². The van der Waals surface area contributed by atoms with Crippen molar-refractivity contribution in [2.45, 2.75) is 33.6 Å². The van der Waals surface area contributed by atoms with Crippen molar-refractivity contribution in [1.82, 2.24) is 0 Å². The van der Waals surface area contributed by atoms with E-state index < -0.39 is 0 Å². The summed E-state index contributed by atoms with van der Waals surface area (Å²) in [5.41, 5.74) is 2.04. The van der Waals surface area contributed by atoms with Crippen LogP contribution in [0.25, 0.3) is 0 Å². The molecule has 1 aromatic carbocycles. The van der Waals surface area contributed by atoms with Crippen LogP contribution >= 0.6 is 0 Å². The van der Waals surface area contributed by atoms with Crippen molar-refractivity contribution < 1.29 is 9.72 Å². The van der Waals surface area contributed by atoms with E-state index in [0.29, 0.717) is 42.6 Å². The molecule has 21 heavy (non-hydrogen) atoms. The van der Waals surface area contributed by atoms with Crippen molar-refractivity contribution in [2.24, 2.45) is 11.8 Å². The van der Waals surface area contributed by atoms with Crippen LogP contribution in [-0.2, 0) is 11.2 Å². The number of nitrogens with one attached hydrogen (secondary N) is 2. The summed E-state index contributed by atoms with van der Waals surface area (Å²) >= 11 is 0. The fourth-order valence-electron chi connectivity index (χ4n) is 2.21. The van der Waals surface area contributed by atoms with Gasteiger partial charge in [0, 0.05) is 24.7 Å². The molecule has 1 amide bonds. The standard InChI is InChI=1S/C15H21N3O3/c1-9(2)10(3)8-16-13-7-12-11(4-5-15(19)17-12)6-14(13)18(20)21/h6-7,9-10,16H,4-5,8H2,1-3H3,(H,17,19). The first-order valence-electron chi connectivity index (χ1n) is 7.23. The minimum Gasteiger partial charge on any atom is -0.379 e. The van der Waals surface area contributed by atoms with Gasteiger partial charge in [-0.2, -0.15) is 0 Å². The fraction of sp³-hybridized carbons (Fsp3) is 0.533. The van der Waals surface area contributed by atoms with Crippen LogP contribution in [-0.4, -0.2) is 17.4 Å². The Morgan fingerprint density at radius 1 is 1.33 bits per heavy atom. The first-order valence-corrected chi connectivity index (χ1v) is 7.23. The van der Waals surface area contributed by atoms with Gasteiger partial charge in [0.1, 0.15) is 5.69 Å². The molecule has 1 heterocycles. The van der Waals surface area contributed by atoms with Crippen molar-refractivity contribution in [3.8, 4) is 0 Å². The zero-order valence-corrected chi connectivity index (χ0v) is 12.6. The Morgan fingerprint density at radius 2 is 2.05 bits per heavy atom. The van der Waals surface area contributed by atoms with Crippen molar-refractivity contribution >= 4 is 23.0 Å². The second-order valence-corrected chi connectivity index (χ2v) is 5.93. The number of hydrogen-bond donors (Lipinski definition) is 2. The van der Waals surface area contributed by atoms with E-state index in [1.807, 2.05) is 0 Å². The van der Waals surface area contributed by atoms with Gasteiger partial charge in [-0.15, -0.1) is 0 Å². The van der Waals surface area contributed by atoms with Gasteiger partial charge in [-0.1, -0.05) is 20.8 Å². The number of nitrogens with zero attached hydrogens (tertiary/aromatic N) is 1. The highest BCUT2D eigenvalue weighted by Crippen LogP contribution is 2.34. The van der Waals surface area contributed by atoms with E-state index >= 15 is 0 Å². The molecule has 1 aliphatic heterocycles. The third kappa shape index (κ3) is 3.51. The molecule has 0 spiro atoms. The maximum atomic E-state index is 11.4. The molecule has 0 aromatic heterocycles. The second-order valence-electron chi connectivity index (χ2n) is 5.93. The number of carbonyl (C=O) groups excluding carboxylic acids is 1. The molecule has 0 aliphatic carbocycles. The number of amides is 1. The zero-order valence-electron chi connectivity index (χ0n) is 12.6. The Bertz CT molecular complexity index is 570. The normalized spacial score (nSPS) is 15.3. The van der Waals surface area contributed by atoms with E-state index in [0.717, 1.165) is 5.56 Å². The van der Waals surface area contributed by atoms with Crippen LogP contribution in [0.15, 0.2) is 12.1 Å². The highest BCUT2D eigenvalue weighted by Gasteiger charge is 2.22. The average Bonchev–Trinajstić information content (AvgIpc) is 2.43. The van der Waals surface area contributed by atoms with Gasteiger partial charge < -0.3 is 10.6 Å². The molecule has 114 valence electrons. The van der Waals surface area contributed by atoms with Crippen LogP contribution in [0, 0.1) is 22.0 Å². The van der Waals surface area contributed by atoms with Crippen LogP contribution in [0.4, 0.5) is 17.1 Å². The summed E-state index contributed by atoms with van der Waals surface area (Å²) in [6.07, 6.45) is 0.923. The number of hydrogen-bond acceptors (Lipinski definition) is 4. The Labute approximate surface area is 124 Å². The molecule has 0 saturated carbocycles. The number of benzene rings is 1. The molecule has 0 saturated heterocycles. The first-order chi connectivity index (χ1) is 9.88. The van der Waals surface area contributed by atoms with E-state index in [-0.39, 0.29) is 16.5 Å². The number of nitro benzene ring substituents is 1. The highest BCUT2D eigenvalue weighted by molar-refractivity contribution is 5.95. The van der Waals surface area contributed by atoms with Crippen molar-refractivity contribution in [3.05, 3.63) is 27.8 Å². The molecular weight excluding hydrogens is 270 g/mol. The van der Waals surface area contributed by atoms with Crippen LogP contribution in [0.3, 0.4) is 0 Å². The molecule has 0 bridgehead atoms. The van der Waals surface area contributed by atoms with Gasteiger partial charge in [-0.25, -0.2) is 0 Å². The summed E-state index contributed by atoms with van der Waals surface area (Å²) in [4.78, 5) is 22.3. The van der Waals surface area contributed by atoms with Crippen molar-refractivity contribution in [2.75, 3.05) is 17.2 Å². The number of fused-ring (bicyclic) bond motifs is 1. The number of carbonyl (C=O) groups is 1. The molecule has 2 N–H and O–H groups in total. The van der Waals surface area contributed by atoms with Crippen LogP contribution < -0.4 is 10.6 Å². The quantitative estimate of drug-likeness (QED) is 0.644. The molecule has 6 nitrogen and oxygen atoms in total. The monoisotopic (exact) mass is 291 g/mol. The second kappa shape index (κ2) is 6.11. The SMILES string of the molecule is CC(C)C(C)CNc1cc2c(cc1[N+](=O)[O-])CCC(=O)N2. The Balaban J connectivity index is 2.28. The molecule has 0 radical (unpaired) electrons. The predicted molar refractivity (Wildman–Crippen MR) is 82.5 cm³/mol. The lowest BCUT2D eigenvalue weighted by atomic mass is 9.97. The van der Waals surface area contributed by atoms with Crippen molar-refractivity contribution in [1.29, 1.82) is 0 Å². The minimum absolute atomic E-state index is 0.0437. The number of aryl methyl sites for hydroxylation is 1. The third-order valence-corrected chi connectivity index (χ3v) is 4.07. The topological polar surface area (TPSA) is 84.3 Å². The molecule has 0 fully saturated rings. The molecule has 1 atom stereocenters. The molecule has 2 rings (SSSR count). The van der Waals surface area contributed by atoms with E-state index in [9.17, 15) is 14.9 Å². The van der Waals surface area contributed by atoms with Gasteiger partial charge >= 0.3 is 0 Å². The molecule has 1 unspecified atom stereocenters. The van der Waals surface area contributed by atoms with Gasteiger partial charge in [0.15, 0.2) is 0 Å². The summed E-state index contributed by atoms with van der Waals surface area (Å²) < 4.78 is 0. The smallest absolute Gasteiger partial charge is 0.292 e. The summed E-state index contributed by atoms with van der Waals surface area (Å²) in [6.45, 7) is 7.00. The van der Waals surface area contributed by atoms with E-state index in [2.05, 4.69) is 31.4 Å². The number of nitro groups is 1. The largest absolute Gasteiger partial charge is 0.379 e. The summed E-state index contributed by atoms with van der Waals surface area (Å²) in [5, 5.41) is 17.2. The first kappa shape index (κ1) is 15.3. The van der Waals surface area contributed by atoms with Gasteiger partial charge in [-0.05, 0) is 29.9 Å². The van der Waals surface area contributed by atoms with Crippen LogP contribution in [0.5, 0.6) is 0 Å². The van der Waals surface area contributed by atoms with E-state index in [1.54, 1.807) is 12.1 Å². The summed E-state index contributed by atoms with van der Waals surface area (Å²) in [7, 11) is 0. The summed E-state index contributed by atoms with van der Waals surface area (Å²) in [5.74, 6) is 0.849. The van der Waals surface area contributed by atoms with Crippen LogP contribution in [0.1, 0.15) is 32.8 Å². The van der Waals surface area contributed by atoms with Gasteiger partial charge in [0.2, 0.25) is 5.91 Å². The molecular formula is C15H21N3O3. The van der Waals surface area contributed by atoms with Crippen molar-refractivity contribution in [3.63, 3.8) is 0 Å². The number of rotatable bonds is 5. The minimum atomic E-state index is -0.376. The fourth-order valence-corrected chi connectivity index (χ4v) is 2.21. The number of anilines is 2. The lowest BCUT2D eigenvalue weighted by Crippen LogP contribution is -2.20. The highest BCUT2D eigenvalue weighted by atomic mass is 16.6. The maximum absolute atomic E-state index is 11.4. The average molecular weight is 291 g/mol. The van der Waals surface area contributed by atoms with E-state index in [1.165, 1.54) is 0 Å². The predicted octanol–water partition coefficient (Wildman–Crippen LogP) is 3.18. The van der Waals surface area contributed by atoms with Gasteiger partial charge in [0.25, 0.3) is 5.69 Å². The van der Waals surface area contributed by atoms with Gasteiger partial charge in [-0.3, -0.25) is 14.9 Å². The molecule has 1 aliphatic rings. The maximum Gasteiger partial charge on any atom is 0.292 e. The Hall–Kier alpha value is -2.11. The van der Waals surface area contributed by atoms with Gasteiger partial charge in [0.05, 0.1) is 4.92 Å². The zero-order chi connectivity index (χ0) is 15.6. The van der Waals surface area contributed by atoms with E-state index in [4.69, 9.17) is 0 Å². The summed E-state index contributed by atoms with van der Waals surface area (Å²) in [6, 6.07) is 3.24. The lowest BCUT2D eigenvalue weighted by molar-refractivity contribution is -0.384. The molecule has 6 heteroatoms. The Kier molecular flexibility index (Phi) is 4.45. The Morgan fingerprint density at radius 3 is 2.67 bits per heavy atom.